The predicted molar refractivity (Wildman–Crippen MR) is 219 cm³/mol. The fourth-order valence-electron chi connectivity index (χ4n) is 8.84. The number of allylic oxidation sites excluding steroid dienone is 2. The van der Waals surface area contributed by atoms with Gasteiger partial charge >= 0.3 is 0 Å². The van der Waals surface area contributed by atoms with Crippen molar-refractivity contribution in [2.75, 3.05) is 4.90 Å². The van der Waals surface area contributed by atoms with Crippen molar-refractivity contribution in [3.8, 4) is 22.3 Å². The molecule has 9 aromatic rings. The van der Waals surface area contributed by atoms with Crippen LogP contribution in [0.2, 0.25) is 0 Å². The Morgan fingerprint density at radius 2 is 1.29 bits per heavy atom. The minimum absolute atomic E-state index is 0.991. The fourth-order valence-corrected chi connectivity index (χ4v) is 10.1. The Kier molecular flexibility index (Phi) is 6.41. The highest BCUT2D eigenvalue weighted by Gasteiger charge is 2.31. The first-order chi connectivity index (χ1) is 25.3. The molecule has 2 aliphatic rings. The average Bonchev–Trinajstić information content (AvgIpc) is 3.87. The van der Waals surface area contributed by atoms with Crippen LogP contribution in [0.5, 0.6) is 0 Å². The van der Waals surface area contributed by atoms with Gasteiger partial charge in [-0.2, -0.15) is 0 Å². The highest BCUT2D eigenvalue weighted by atomic mass is 32.1. The summed E-state index contributed by atoms with van der Waals surface area (Å²) in [6.45, 7) is 0. The molecule has 0 N–H and O–H groups in total. The molecular formula is C48H34N2S. The number of anilines is 2. The van der Waals surface area contributed by atoms with Gasteiger partial charge in [0.2, 0.25) is 0 Å². The standard InChI is InChI=1S/C48H34N2S/c1-3-14-31(15-4-1)33-28-34(32-16-5-2-6-17-32)30-35(29-33)49(42-24-13-27-45-46(42)40-19-8-10-26-44(40)51-45)43-25-12-22-39-38-21-11-20-37-36-18-7-9-23-41(36)50(47(37)38)48(39)43/h1-9,11,13-21,23-25,27-30H,10,12,22,26H2. The zero-order chi connectivity index (χ0) is 33.5. The molecule has 51 heavy (non-hydrogen) atoms. The number of hydrogen-bond acceptors (Lipinski definition) is 2. The van der Waals surface area contributed by atoms with Gasteiger partial charge in [0, 0.05) is 36.8 Å². The van der Waals surface area contributed by atoms with Crippen LogP contribution in [0.25, 0.3) is 71.3 Å². The van der Waals surface area contributed by atoms with Gasteiger partial charge in [0.15, 0.2) is 0 Å². The van der Waals surface area contributed by atoms with E-state index in [0.29, 0.717) is 0 Å². The van der Waals surface area contributed by atoms with Crippen LogP contribution in [-0.4, -0.2) is 4.40 Å². The third-order valence-electron chi connectivity index (χ3n) is 11.0. The Hall–Kier alpha value is -5.90. The van der Waals surface area contributed by atoms with Crippen LogP contribution in [0.4, 0.5) is 11.4 Å². The normalized spacial score (nSPS) is 14.0. The SMILES string of the molecule is C1=Cc2c(sc3cccc(N(C4=CCCc5c4n4c6ccccc6c6cccc5c64)c4cc(-c5ccccc5)cc(-c5ccccc5)c4)c23)CC1. The molecule has 0 saturated carbocycles. The lowest BCUT2D eigenvalue weighted by Crippen LogP contribution is -2.20. The molecule has 242 valence electrons. The van der Waals surface area contributed by atoms with E-state index in [9.17, 15) is 0 Å². The van der Waals surface area contributed by atoms with Crippen molar-refractivity contribution in [1.82, 2.24) is 4.40 Å². The Morgan fingerprint density at radius 1 is 0.588 bits per heavy atom. The lowest BCUT2D eigenvalue weighted by Gasteiger charge is -2.32. The lowest BCUT2D eigenvalue weighted by molar-refractivity contribution is 0.962. The van der Waals surface area contributed by atoms with Gasteiger partial charge in [0.05, 0.1) is 28.1 Å². The third-order valence-corrected chi connectivity index (χ3v) is 12.2. The number of hydrogen-bond donors (Lipinski definition) is 0. The van der Waals surface area contributed by atoms with Crippen molar-refractivity contribution in [3.63, 3.8) is 0 Å². The van der Waals surface area contributed by atoms with E-state index >= 15 is 0 Å². The van der Waals surface area contributed by atoms with E-state index in [4.69, 9.17) is 0 Å². The van der Waals surface area contributed by atoms with Crippen LogP contribution in [-0.2, 0) is 12.8 Å². The zero-order valence-electron chi connectivity index (χ0n) is 28.1. The molecule has 3 heteroatoms. The smallest absolute Gasteiger partial charge is 0.0738 e. The monoisotopic (exact) mass is 670 g/mol. The molecular weight excluding hydrogens is 637 g/mol. The van der Waals surface area contributed by atoms with Crippen LogP contribution in [0.3, 0.4) is 0 Å². The van der Waals surface area contributed by atoms with E-state index in [2.05, 4.69) is 167 Å². The maximum Gasteiger partial charge on any atom is 0.0738 e. The number of aryl methyl sites for hydroxylation is 2. The molecule has 0 bridgehead atoms. The first-order valence-corrected chi connectivity index (χ1v) is 18.9. The van der Waals surface area contributed by atoms with Gasteiger partial charge in [0.25, 0.3) is 0 Å². The summed E-state index contributed by atoms with van der Waals surface area (Å²) in [6.07, 6.45) is 11.5. The van der Waals surface area contributed by atoms with Crippen LogP contribution >= 0.6 is 11.3 Å². The molecule has 0 saturated heterocycles. The maximum absolute atomic E-state index is 2.61. The summed E-state index contributed by atoms with van der Waals surface area (Å²) in [4.78, 5) is 4.10. The summed E-state index contributed by atoms with van der Waals surface area (Å²) in [5, 5.41) is 5.38. The molecule has 3 aromatic heterocycles. The fraction of sp³-hybridized carbons (Fsp3) is 0.0833. The Labute approximate surface area is 301 Å². The van der Waals surface area contributed by atoms with Crippen molar-refractivity contribution in [2.45, 2.75) is 25.7 Å². The summed E-state index contributed by atoms with van der Waals surface area (Å²) >= 11 is 1.97. The van der Waals surface area contributed by atoms with Gasteiger partial charge in [-0.05, 0) is 95.5 Å². The molecule has 0 fully saturated rings. The first-order valence-electron chi connectivity index (χ1n) is 18.1. The maximum atomic E-state index is 2.61. The van der Waals surface area contributed by atoms with Gasteiger partial charge < -0.3 is 9.30 Å². The first kappa shape index (κ1) is 28.9. The lowest BCUT2D eigenvalue weighted by atomic mass is 9.94. The number of benzene rings is 6. The number of fused-ring (bicyclic) bond motifs is 9. The molecule has 0 aliphatic heterocycles. The van der Waals surface area contributed by atoms with Gasteiger partial charge in [0.1, 0.15) is 0 Å². The summed E-state index contributed by atoms with van der Waals surface area (Å²) in [5.74, 6) is 0. The minimum atomic E-state index is 0.991. The van der Waals surface area contributed by atoms with E-state index in [0.717, 1.165) is 25.7 Å². The molecule has 6 aromatic carbocycles. The van der Waals surface area contributed by atoms with E-state index < -0.39 is 0 Å². The molecule has 0 spiro atoms. The summed E-state index contributed by atoms with van der Waals surface area (Å²) in [6, 6.07) is 51.7. The second kappa shape index (κ2) is 11.3. The van der Waals surface area contributed by atoms with Crippen molar-refractivity contribution in [3.05, 3.63) is 173 Å². The second-order valence-corrected chi connectivity index (χ2v) is 15.0. The van der Waals surface area contributed by atoms with Gasteiger partial charge in [-0.3, -0.25) is 0 Å². The Bertz CT molecular complexity index is 2790. The van der Waals surface area contributed by atoms with Gasteiger partial charge in [-0.15, -0.1) is 11.3 Å². The molecule has 0 amide bonds. The minimum Gasteiger partial charge on any atom is -0.308 e. The highest BCUT2D eigenvalue weighted by Crippen LogP contribution is 2.50. The number of rotatable bonds is 5. The molecule has 2 nitrogen and oxygen atoms in total. The molecule has 3 heterocycles. The quantitative estimate of drug-likeness (QED) is 0.177. The predicted octanol–water partition coefficient (Wildman–Crippen LogP) is 13.3. The average molecular weight is 671 g/mol. The van der Waals surface area contributed by atoms with Crippen LogP contribution in [0.1, 0.15) is 34.5 Å². The number of para-hydroxylation sites is 2. The van der Waals surface area contributed by atoms with E-state index in [1.807, 2.05) is 11.3 Å². The number of aromatic nitrogens is 1. The van der Waals surface area contributed by atoms with Crippen molar-refractivity contribution >= 4 is 71.8 Å². The van der Waals surface area contributed by atoms with E-state index in [-0.39, 0.29) is 0 Å². The summed E-state index contributed by atoms with van der Waals surface area (Å²) < 4.78 is 3.93. The second-order valence-electron chi connectivity index (χ2n) is 13.9. The molecule has 2 aliphatic carbocycles. The van der Waals surface area contributed by atoms with Crippen LogP contribution < -0.4 is 4.90 Å². The summed E-state index contributed by atoms with van der Waals surface area (Å²) in [5.41, 5.74) is 15.3. The largest absolute Gasteiger partial charge is 0.308 e. The van der Waals surface area contributed by atoms with Crippen LogP contribution in [0.15, 0.2) is 152 Å². The number of thiophene rings is 1. The molecule has 0 radical (unpaired) electrons. The Morgan fingerprint density at radius 3 is 2.10 bits per heavy atom. The number of nitrogens with zero attached hydrogens (tertiary/aromatic N) is 2. The van der Waals surface area contributed by atoms with E-state index in [1.165, 1.54) is 98.3 Å². The van der Waals surface area contributed by atoms with E-state index in [1.54, 1.807) is 0 Å². The summed E-state index contributed by atoms with van der Waals surface area (Å²) in [7, 11) is 0. The topological polar surface area (TPSA) is 7.65 Å². The van der Waals surface area contributed by atoms with Gasteiger partial charge in [-0.25, -0.2) is 0 Å². The highest BCUT2D eigenvalue weighted by molar-refractivity contribution is 7.19. The molecule has 11 rings (SSSR count). The molecule has 0 unspecified atom stereocenters. The van der Waals surface area contributed by atoms with Gasteiger partial charge in [-0.1, -0.05) is 121 Å². The van der Waals surface area contributed by atoms with Crippen LogP contribution in [0, 0.1) is 0 Å². The third kappa shape index (κ3) is 4.35. The zero-order valence-corrected chi connectivity index (χ0v) is 29.0. The Balaban J connectivity index is 1.26. The van der Waals surface area contributed by atoms with Crippen molar-refractivity contribution in [2.24, 2.45) is 0 Å². The van der Waals surface area contributed by atoms with Crippen molar-refractivity contribution in [1.29, 1.82) is 0 Å². The van der Waals surface area contributed by atoms with Crippen molar-refractivity contribution < 1.29 is 0 Å². The molecule has 0 atom stereocenters.